The molecule has 0 spiro atoms. The quantitative estimate of drug-likeness (QED) is 0.194. The van der Waals surface area contributed by atoms with Crippen LogP contribution in [-0.4, -0.2) is 100 Å². The summed E-state index contributed by atoms with van der Waals surface area (Å²) in [7, 11) is -2.82. The molecule has 47 heavy (non-hydrogen) atoms. The number of amides is 3. The maximum Gasteiger partial charge on any atom is 0.245 e. The molecule has 2 fully saturated rings. The second kappa shape index (κ2) is 15.7. The molecule has 0 unspecified atom stereocenters. The Bertz CT molecular complexity index is 1580. The van der Waals surface area contributed by atoms with E-state index in [1.54, 1.807) is 60.9 Å². The monoisotopic (exact) mass is 670 g/mol. The molecule has 5 N–H and O–H groups in total. The number of nitrogens with one attached hydrogen (secondary N) is 3. The fourth-order valence-corrected chi connectivity index (χ4v) is 7.78. The van der Waals surface area contributed by atoms with E-state index >= 15 is 0 Å². The van der Waals surface area contributed by atoms with Crippen LogP contribution in [0.25, 0.3) is 0 Å². The molecule has 0 aromatic heterocycles. The summed E-state index contributed by atoms with van der Waals surface area (Å²) >= 11 is 0. The number of aryl methyl sites for hydroxylation is 1. The van der Waals surface area contributed by atoms with E-state index in [1.165, 1.54) is 7.11 Å². The van der Waals surface area contributed by atoms with Gasteiger partial charge < -0.3 is 30.3 Å². The number of sulfonamides is 1. The molecule has 2 aliphatic rings. The van der Waals surface area contributed by atoms with Gasteiger partial charge in [0.1, 0.15) is 23.7 Å². The summed E-state index contributed by atoms with van der Waals surface area (Å²) in [5, 5.41) is 10.5. The Balaban J connectivity index is 1.66. The van der Waals surface area contributed by atoms with Crippen molar-refractivity contribution in [3.8, 4) is 5.75 Å². The molecule has 2 heterocycles. The number of morpholine rings is 1. The van der Waals surface area contributed by atoms with Crippen molar-refractivity contribution in [2.75, 3.05) is 46.5 Å². The van der Waals surface area contributed by atoms with Crippen molar-refractivity contribution >= 4 is 33.6 Å². The van der Waals surface area contributed by atoms with Gasteiger partial charge in [-0.2, -0.15) is 4.72 Å². The summed E-state index contributed by atoms with van der Waals surface area (Å²) in [5.74, 6) is -1.04. The first-order valence-corrected chi connectivity index (χ1v) is 17.4. The summed E-state index contributed by atoms with van der Waals surface area (Å²) in [5.41, 5.74) is 8.35. The molecular formula is C33H46N6O7S. The Morgan fingerprint density at radius 2 is 1.60 bits per heavy atom. The van der Waals surface area contributed by atoms with Gasteiger partial charge in [-0.25, -0.2) is 8.42 Å². The van der Waals surface area contributed by atoms with Crippen molar-refractivity contribution < 1.29 is 32.3 Å². The van der Waals surface area contributed by atoms with Gasteiger partial charge in [-0.15, -0.1) is 0 Å². The molecule has 0 saturated carbocycles. The number of piperidine rings is 1. The van der Waals surface area contributed by atoms with Gasteiger partial charge in [0.15, 0.2) is 0 Å². The number of hydrogen-bond acceptors (Lipinski definition) is 8. The predicted octanol–water partition coefficient (Wildman–Crippen LogP) is 1.54. The Morgan fingerprint density at radius 1 is 0.957 bits per heavy atom. The van der Waals surface area contributed by atoms with E-state index in [4.69, 9.17) is 20.6 Å². The minimum Gasteiger partial charge on any atom is -0.496 e. The number of ether oxygens (including phenoxy) is 2. The van der Waals surface area contributed by atoms with Crippen molar-refractivity contribution in [3.05, 3.63) is 58.1 Å². The molecule has 2 aromatic rings. The predicted molar refractivity (Wildman–Crippen MR) is 177 cm³/mol. The van der Waals surface area contributed by atoms with Crippen LogP contribution in [0.15, 0.2) is 35.2 Å². The fraction of sp³-hybridized carbons (Fsp3) is 0.515. The summed E-state index contributed by atoms with van der Waals surface area (Å²) < 4.78 is 41.2. The first-order valence-electron chi connectivity index (χ1n) is 15.9. The van der Waals surface area contributed by atoms with Gasteiger partial charge >= 0.3 is 0 Å². The molecule has 14 heteroatoms. The Morgan fingerprint density at radius 3 is 2.19 bits per heavy atom. The minimum absolute atomic E-state index is 0.000995. The van der Waals surface area contributed by atoms with Gasteiger partial charge in [-0.3, -0.25) is 19.8 Å². The van der Waals surface area contributed by atoms with Crippen molar-refractivity contribution in [1.82, 2.24) is 19.8 Å². The molecule has 2 aliphatic heterocycles. The van der Waals surface area contributed by atoms with E-state index < -0.39 is 40.3 Å². The van der Waals surface area contributed by atoms with E-state index in [9.17, 15) is 22.8 Å². The molecule has 2 atom stereocenters. The van der Waals surface area contributed by atoms with Gasteiger partial charge in [0.25, 0.3) is 0 Å². The van der Waals surface area contributed by atoms with E-state index in [2.05, 4.69) is 10.0 Å². The number of rotatable bonds is 12. The van der Waals surface area contributed by atoms with Gasteiger partial charge in [-0.1, -0.05) is 24.3 Å². The van der Waals surface area contributed by atoms with E-state index in [1.807, 2.05) is 0 Å². The van der Waals surface area contributed by atoms with Gasteiger partial charge in [0, 0.05) is 38.2 Å². The van der Waals surface area contributed by atoms with Crippen LogP contribution in [0.2, 0.25) is 0 Å². The van der Waals surface area contributed by atoms with Gasteiger partial charge in [0.2, 0.25) is 27.7 Å². The van der Waals surface area contributed by atoms with Crippen LogP contribution in [-0.2, 0) is 35.6 Å². The highest BCUT2D eigenvalue weighted by Gasteiger charge is 2.35. The molecule has 3 amide bonds. The van der Waals surface area contributed by atoms with Gasteiger partial charge in [0.05, 0.1) is 31.6 Å². The van der Waals surface area contributed by atoms with Gasteiger partial charge in [-0.05, 0) is 68.4 Å². The molecule has 2 saturated heterocycles. The number of benzene rings is 2. The third-order valence-corrected chi connectivity index (χ3v) is 10.6. The molecule has 2 aromatic carbocycles. The largest absolute Gasteiger partial charge is 0.496 e. The summed E-state index contributed by atoms with van der Waals surface area (Å²) in [6.45, 7) is 7.48. The maximum atomic E-state index is 14.1. The average molecular weight is 671 g/mol. The number of amidine groups is 1. The number of carbonyl (C=O) groups is 3. The topological polar surface area (TPSA) is 184 Å². The van der Waals surface area contributed by atoms with Crippen LogP contribution in [0, 0.1) is 26.2 Å². The van der Waals surface area contributed by atoms with Crippen LogP contribution < -0.4 is 20.5 Å². The maximum absolute atomic E-state index is 14.1. The Kier molecular flexibility index (Phi) is 12.0. The van der Waals surface area contributed by atoms with Crippen molar-refractivity contribution in [2.45, 2.75) is 69.9 Å². The molecule has 256 valence electrons. The smallest absolute Gasteiger partial charge is 0.245 e. The third kappa shape index (κ3) is 8.87. The first kappa shape index (κ1) is 35.8. The summed E-state index contributed by atoms with van der Waals surface area (Å²) in [6, 6.07) is 5.89. The molecule has 0 radical (unpaired) electrons. The van der Waals surface area contributed by atoms with Crippen LogP contribution in [0.4, 0.5) is 0 Å². The number of nitrogen functional groups attached to an aromatic ring is 1. The third-order valence-electron chi connectivity index (χ3n) is 8.81. The number of carbonyl (C=O) groups excluding carboxylic acids is 3. The Labute approximate surface area is 276 Å². The Hall–Kier alpha value is -4.01. The normalized spacial score (nSPS) is 16.7. The fourth-order valence-electron chi connectivity index (χ4n) is 6.06. The molecule has 4 rings (SSSR count). The lowest BCUT2D eigenvalue weighted by Crippen LogP contribution is -2.56. The number of nitrogens with zero attached hydrogens (tertiary/aromatic N) is 2. The lowest BCUT2D eigenvalue weighted by molar-refractivity contribution is -0.139. The van der Waals surface area contributed by atoms with E-state index in [-0.39, 0.29) is 23.1 Å². The van der Waals surface area contributed by atoms with Crippen LogP contribution in [0.3, 0.4) is 0 Å². The highest BCUT2D eigenvalue weighted by molar-refractivity contribution is 7.89. The van der Waals surface area contributed by atoms with E-state index in [0.717, 1.165) is 19.3 Å². The molecule has 13 nitrogen and oxygen atoms in total. The number of nitrogens with two attached hydrogens (primary N) is 1. The van der Waals surface area contributed by atoms with Crippen LogP contribution in [0.5, 0.6) is 5.75 Å². The first-order chi connectivity index (χ1) is 22.3. The molecular weight excluding hydrogens is 624 g/mol. The van der Waals surface area contributed by atoms with Crippen LogP contribution in [0.1, 0.15) is 53.5 Å². The van der Waals surface area contributed by atoms with Crippen LogP contribution >= 0.6 is 0 Å². The zero-order valence-corrected chi connectivity index (χ0v) is 28.4. The second-order valence-corrected chi connectivity index (χ2v) is 13.8. The SMILES string of the molecule is COc1cc(C)c(S(=O)(=O)N[C@@H](CC(=O)N2CCOCC2)C(=O)N[C@H](Cc2ccc(C(=N)N)cc2)C(=O)N2CCCCC2)c(C)c1C. The lowest BCUT2D eigenvalue weighted by Gasteiger charge is -2.32. The highest BCUT2D eigenvalue weighted by Crippen LogP contribution is 2.30. The van der Waals surface area contributed by atoms with Crippen molar-refractivity contribution in [2.24, 2.45) is 5.73 Å². The lowest BCUT2D eigenvalue weighted by atomic mass is 10.0. The highest BCUT2D eigenvalue weighted by atomic mass is 32.2. The number of methoxy groups -OCH3 is 1. The number of likely N-dealkylation sites (tertiary alicyclic amines) is 1. The standard InChI is InChI=1S/C33H46N6O7S/c1-21-18-28(45-4)22(2)23(3)30(21)47(43,44)37-26(20-29(40)38-14-16-46-17-15-38)32(41)36-27(33(42)39-12-6-5-7-13-39)19-24-8-10-25(11-9-24)31(34)35/h8-11,18,26-27,37H,5-7,12-17,19-20H2,1-4H3,(H3,34,35)(H,36,41)/t26-,27+/m0/s1. The summed E-state index contributed by atoms with van der Waals surface area (Å²) in [4.78, 5) is 44.5. The zero-order chi connectivity index (χ0) is 34.3. The molecule has 0 bridgehead atoms. The average Bonchev–Trinajstić information content (AvgIpc) is 3.06. The van der Waals surface area contributed by atoms with E-state index in [0.29, 0.717) is 73.0 Å². The minimum atomic E-state index is -4.33. The van der Waals surface area contributed by atoms with Crippen molar-refractivity contribution in [3.63, 3.8) is 0 Å². The van der Waals surface area contributed by atoms with Crippen molar-refractivity contribution in [1.29, 1.82) is 5.41 Å². The second-order valence-electron chi connectivity index (χ2n) is 12.1. The summed E-state index contributed by atoms with van der Waals surface area (Å²) in [6.07, 6.45) is 2.36. The zero-order valence-electron chi connectivity index (χ0n) is 27.6. The molecule has 0 aliphatic carbocycles. The number of hydrogen-bond donors (Lipinski definition) is 4.